The van der Waals surface area contributed by atoms with Crippen LogP contribution in [0.15, 0.2) is 39.6 Å². The molecule has 108 valence electrons. The van der Waals surface area contributed by atoms with E-state index in [0.717, 1.165) is 0 Å². The minimum Gasteiger partial charge on any atom is -0.396 e. The van der Waals surface area contributed by atoms with E-state index >= 15 is 0 Å². The van der Waals surface area contributed by atoms with Crippen LogP contribution in [0.4, 0.5) is 0 Å². The van der Waals surface area contributed by atoms with Crippen molar-refractivity contribution < 1.29 is 5.11 Å². The molecule has 0 saturated carbocycles. The molecule has 1 aliphatic rings. The molecule has 0 amide bonds. The number of H-pyrrole nitrogens is 1. The molecule has 1 aromatic rings. The van der Waals surface area contributed by atoms with Crippen molar-refractivity contribution in [2.24, 2.45) is 11.8 Å². The Morgan fingerprint density at radius 1 is 1.45 bits per heavy atom. The second-order valence-corrected chi connectivity index (χ2v) is 5.30. The fourth-order valence-corrected chi connectivity index (χ4v) is 2.56. The third kappa shape index (κ3) is 2.99. The van der Waals surface area contributed by atoms with Crippen LogP contribution in [-0.4, -0.2) is 21.3 Å². The highest BCUT2D eigenvalue weighted by atomic mass is 16.3. The van der Waals surface area contributed by atoms with Gasteiger partial charge in [0.25, 0.3) is 5.56 Å². The molecule has 20 heavy (non-hydrogen) atoms. The molecule has 1 aliphatic carbocycles. The van der Waals surface area contributed by atoms with Crippen LogP contribution in [0.5, 0.6) is 0 Å². The molecule has 5 nitrogen and oxygen atoms in total. The van der Waals surface area contributed by atoms with Crippen molar-refractivity contribution in [3.8, 4) is 0 Å². The number of aromatic amines is 1. The fraction of sp³-hybridized carbons (Fsp3) is 0.467. The van der Waals surface area contributed by atoms with Gasteiger partial charge < -0.3 is 5.11 Å². The minimum absolute atomic E-state index is 0.138. The molecule has 2 atom stereocenters. The summed E-state index contributed by atoms with van der Waals surface area (Å²) in [5.41, 5.74) is 1.03. The van der Waals surface area contributed by atoms with Crippen molar-refractivity contribution in [1.29, 1.82) is 0 Å². The van der Waals surface area contributed by atoms with Gasteiger partial charge in [-0.25, -0.2) is 4.79 Å². The Balaban J connectivity index is 2.20. The van der Waals surface area contributed by atoms with Gasteiger partial charge in [0.1, 0.15) is 0 Å². The molecule has 2 N–H and O–H groups in total. The number of aromatic nitrogens is 2. The number of hydrogen-bond acceptors (Lipinski definition) is 3. The van der Waals surface area contributed by atoms with Crippen molar-refractivity contribution in [3.63, 3.8) is 0 Å². The normalized spacial score (nSPS) is 19.1. The monoisotopic (exact) mass is 276 g/mol. The van der Waals surface area contributed by atoms with Gasteiger partial charge in [0.05, 0.1) is 0 Å². The summed E-state index contributed by atoms with van der Waals surface area (Å²) in [5.74, 6) is 0.416. The summed E-state index contributed by atoms with van der Waals surface area (Å²) in [6.07, 6.45) is 8.40. The van der Waals surface area contributed by atoms with Crippen molar-refractivity contribution in [2.75, 3.05) is 6.61 Å². The number of aryl methyl sites for hydroxylation is 1. The Labute approximate surface area is 117 Å². The third-order valence-corrected chi connectivity index (χ3v) is 3.77. The molecule has 0 spiro atoms. The van der Waals surface area contributed by atoms with Gasteiger partial charge >= 0.3 is 5.69 Å². The first-order valence-electron chi connectivity index (χ1n) is 6.82. The van der Waals surface area contributed by atoms with Gasteiger partial charge in [0, 0.05) is 30.8 Å². The van der Waals surface area contributed by atoms with Gasteiger partial charge in [0.15, 0.2) is 0 Å². The summed E-state index contributed by atoms with van der Waals surface area (Å²) < 4.78 is 1.54. The number of allylic oxidation sites excluding steroid dienone is 4. The summed E-state index contributed by atoms with van der Waals surface area (Å²) in [6, 6.07) is 0. The maximum atomic E-state index is 11.8. The molecule has 0 aliphatic heterocycles. The molecule has 0 radical (unpaired) electrons. The SMILES string of the molecule is Cc1cn(C[C@H]2C=CC=C2[C@@H](C)CCO)c(=O)[nH]c1=O. The third-order valence-electron chi connectivity index (χ3n) is 3.77. The number of aliphatic hydroxyl groups is 1. The average Bonchev–Trinajstić information content (AvgIpc) is 2.84. The Bertz CT molecular complexity index is 652. The summed E-state index contributed by atoms with van der Waals surface area (Å²) in [5, 5.41) is 9.04. The zero-order valence-corrected chi connectivity index (χ0v) is 11.8. The highest BCUT2D eigenvalue weighted by Gasteiger charge is 2.20. The summed E-state index contributed by atoms with van der Waals surface area (Å²) in [4.78, 5) is 25.5. The fourth-order valence-electron chi connectivity index (χ4n) is 2.56. The predicted molar refractivity (Wildman–Crippen MR) is 77.6 cm³/mol. The molecular weight excluding hydrogens is 256 g/mol. The van der Waals surface area contributed by atoms with Gasteiger partial charge in [0.2, 0.25) is 0 Å². The van der Waals surface area contributed by atoms with E-state index in [4.69, 9.17) is 5.11 Å². The number of nitrogens with one attached hydrogen (secondary N) is 1. The van der Waals surface area contributed by atoms with Gasteiger partial charge in [-0.1, -0.05) is 30.7 Å². The highest BCUT2D eigenvalue weighted by Crippen LogP contribution is 2.29. The molecule has 5 heteroatoms. The first kappa shape index (κ1) is 14.5. The molecule has 2 rings (SSSR count). The van der Waals surface area contributed by atoms with E-state index in [1.54, 1.807) is 13.1 Å². The second kappa shape index (κ2) is 6.05. The Hall–Kier alpha value is -1.88. The van der Waals surface area contributed by atoms with Crippen molar-refractivity contribution in [2.45, 2.75) is 26.8 Å². The van der Waals surface area contributed by atoms with E-state index in [0.29, 0.717) is 18.5 Å². The lowest BCUT2D eigenvalue weighted by atomic mass is 9.89. The van der Waals surface area contributed by atoms with Crippen LogP contribution in [0, 0.1) is 18.8 Å². The van der Waals surface area contributed by atoms with Gasteiger partial charge in [-0.3, -0.25) is 14.3 Å². The Morgan fingerprint density at radius 3 is 2.90 bits per heavy atom. The summed E-state index contributed by atoms with van der Waals surface area (Å²) in [7, 11) is 0. The molecule has 0 bridgehead atoms. The number of aliphatic hydroxyl groups excluding tert-OH is 1. The first-order chi connectivity index (χ1) is 9.52. The molecule has 1 heterocycles. The molecule has 1 aromatic heterocycles. The van der Waals surface area contributed by atoms with Gasteiger partial charge in [-0.2, -0.15) is 0 Å². The average molecular weight is 276 g/mol. The van der Waals surface area contributed by atoms with E-state index in [1.165, 1.54) is 10.1 Å². The van der Waals surface area contributed by atoms with Crippen molar-refractivity contribution in [1.82, 2.24) is 9.55 Å². The first-order valence-corrected chi connectivity index (χ1v) is 6.82. The second-order valence-electron chi connectivity index (χ2n) is 5.30. The molecule has 0 fully saturated rings. The van der Waals surface area contributed by atoms with Gasteiger partial charge in [-0.15, -0.1) is 0 Å². The maximum Gasteiger partial charge on any atom is 0.328 e. The van der Waals surface area contributed by atoms with E-state index < -0.39 is 0 Å². The van der Waals surface area contributed by atoms with E-state index in [-0.39, 0.29) is 29.7 Å². The quantitative estimate of drug-likeness (QED) is 0.841. The van der Waals surface area contributed by atoms with Gasteiger partial charge in [-0.05, 0) is 19.3 Å². The predicted octanol–water partition coefficient (Wildman–Crippen LogP) is 0.976. The lowest BCUT2D eigenvalue weighted by Crippen LogP contribution is -2.32. The highest BCUT2D eigenvalue weighted by molar-refractivity contribution is 5.29. The van der Waals surface area contributed by atoms with Crippen LogP contribution < -0.4 is 11.2 Å². The van der Waals surface area contributed by atoms with Crippen LogP contribution in [0.25, 0.3) is 0 Å². The number of nitrogens with zero attached hydrogens (tertiary/aromatic N) is 1. The van der Waals surface area contributed by atoms with Crippen molar-refractivity contribution >= 4 is 0 Å². The topological polar surface area (TPSA) is 75.1 Å². The van der Waals surface area contributed by atoms with Crippen LogP contribution >= 0.6 is 0 Å². The van der Waals surface area contributed by atoms with E-state index in [2.05, 4.69) is 24.1 Å². The molecule has 0 saturated heterocycles. The Kier molecular flexibility index (Phi) is 4.39. The molecule has 0 unspecified atom stereocenters. The van der Waals surface area contributed by atoms with Crippen LogP contribution in [0.1, 0.15) is 18.9 Å². The summed E-state index contributed by atoms with van der Waals surface area (Å²) >= 11 is 0. The zero-order valence-electron chi connectivity index (χ0n) is 11.8. The lowest BCUT2D eigenvalue weighted by Gasteiger charge is -2.20. The maximum absolute atomic E-state index is 11.8. The Morgan fingerprint density at radius 2 is 2.20 bits per heavy atom. The number of rotatable bonds is 5. The van der Waals surface area contributed by atoms with Crippen molar-refractivity contribution in [3.05, 3.63) is 56.4 Å². The van der Waals surface area contributed by atoms with Crippen LogP contribution in [0.2, 0.25) is 0 Å². The smallest absolute Gasteiger partial charge is 0.328 e. The van der Waals surface area contributed by atoms with Crippen LogP contribution in [-0.2, 0) is 6.54 Å². The standard InChI is InChI=1S/C15H20N2O3/c1-10(6-7-18)13-5-3-4-12(13)9-17-8-11(2)14(19)16-15(17)20/h3-5,8,10,12,18H,6-7,9H2,1-2H3,(H,16,19,20)/t10-,12+/m0/s1. The van der Waals surface area contributed by atoms with E-state index in [1.807, 2.05) is 6.08 Å². The zero-order chi connectivity index (χ0) is 14.7. The van der Waals surface area contributed by atoms with E-state index in [9.17, 15) is 9.59 Å². The largest absolute Gasteiger partial charge is 0.396 e. The molecule has 0 aromatic carbocycles. The minimum atomic E-state index is -0.380. The lowest BCUT2D eigenvalue weighted by molar-refractivity contribution is 0.268. The van der Waals surface area contributed by atoms with Crippen LogP contribution in [0.3, 0.4) is 0 Å². The number of hydrogen-bond donors (Lipinski definition) is 2. The summed E-state index contributed by atoms with van der Waals surface area (Å²) in [6.45, 7) is 4.42. The molecular formula is C15H20N2O3.